The van der Waals surface area contributed by atoms with E-state index in [1.165, 1.54) is 23.1 Å². The van der Waals surface area contributed by atoms with Crippen molar-refractivity contribution in [3.05, 3.63) is 28.2 Å². The second-order valence-corrected chi connectivity index (χ2v) is 8.00. The number of hydrogen-bond donors (Lipinski definition) is 2. The molecule has 0 aliphatic carbocycles. The number of carbonyl (C=O) groups is 2. The van der Waals surface area contributed by atoms with Crippen molar-refractivity contribution in [1.82, 2.24) is 10.2 Å². The van der Waals surface area contributed by atoms with Crippen molar-refractivity contribution in [1.29, 1.82) is 0 Å². The van der Waals surface area contributed by atoms with E-state index in [1.54, 1.807) is 32.0 Å². The fourth-order valence-electron chi connectivity index (χ4n) is 1.47. The Morgan fingerprint density at radius 1 is 1.21 bits per heavy atom. The minimum atomic E-state index is -0.207. The summed E-state index contributed by atoms with van der Waals surface area (Å²) in [6.07, 6.45) is 0. The summed E-state index contributed by atoms with van der Waals surface area (Å²) in [7, 11) is 0. The fraction of sp³-hybridized carbons (Fsp3) is 0.286. The number of anilines is 2. The number of halogens is 2. The standard InChI is InChI=1S/C14H14Cl2N4O2S2/c1-7(2)12(22)18-13-19-20-14(24-13)23-6-11(21)17-8-3-4-9(15)10(16)5-8/h3-5,7H,6H2,1-2H3,(H,17,21)(H,18,19,22). The van der Waals surface area contributed by atoms with Gasteiger partial charge in [-0.1, -0.05) is 60.1 Å². The highest BCUT2D eigenvalue weighted by atomic mass is 35.5. The van der Waals surface area contributed by atoms with E-state index in [4.69, 9.17) is 23.2 Å². The van der Waals surface area contributed by atoms with Gasteiger partial charge in [-0.2, -0.15) is 0 Å². The quantitative estimate of drug-likeness (QED) is 0.557. The Morgan fingerprint density at radius 2 is 1.96 bits per heavy atom. The zero-order valence-electron chi connectivity index (χ0n) is 12.8. The highest BCUT2D eigenvalue weighted by Gasteiger charge is 2.12. The molecule has 1 aromatic carbocycles. The molecular formula is C14H14Cl2N4O2S2. The smallest absolute Gasteiger partial charge is 0.234 e. The monoisotopic (exact) mass is 404 g/mol. The molecule has 0 fully saturated rings. The number of nitrogens with zero attached hydrogens (tertiary/aromatic N) is 2. The van der Waals surface area contributed by atoms with Crippen LogP contribution in [0.25, 0.3) is 0 Å². The molecule has 0 aliphatic heterocycles. The Bertz CT molecular complexity index is 752. The van der Waals surface area contributed by atoms with Crippen LogP contribution in [0.5, 0.6) is 0 Å². The Hall–Kier alpha value is -1.35. The van der Waals surface area contributed by atoms with Crippen molar-refractivity contribution in [2.75, 3.05) is 16.4 Å². The first-order valence-corrected chi connectivity index (χ1v) is 9.43. The maximum atomic E-state index is 11.9. The average molecular weight is 405 g/mol. The number of nitrogens with one attached hydrogen (secondary N) is 2. The summed E-state index contributed by atoms with van der Waals surface area (Å²) >= 11 is 14.2. The molecule has 128 valence electrons. The summed E-state index contributed by atoms with van der Waals surface area (Å²) in [5.74, 6) is -0.309. The normalized spacial score (nSPS) is 10.7. The lowest BCUT2D eigenvalue weighted by Gasteiger charge is -2.05. The highest BCUT2D eigenvalue weighted by molar-refractivity contribution is 8.01. The van der Waals surface area contributed by atoms with Crippen LogP contribution in [0, 0.1) is 5.92 Å². The van der Waals surface area contributed by atoms with Crippen molar-refractivity contribution in [3.8, 4) is 0 Å². The van der Waals surface area contributed by atoms with Gasteiger partial charge in [0, 0.05) is 11.6 Å². The fourth-order valence-corrected chi connectivity index (χ4v) is 3.32. The molecule has 0 unspecified atom stereocenters. The van der Waals surface area contributed by atoms with E-state index in [0.29, 0.717) is 25.2 Å². The average Bonchev–Trinajstić information content (AvgIpc) is 2.96. The number of amides is 2. The number of aromatic nitrogens is 2. The third kappa shape index (κ3) is 5.62. The molecule has 0 spiro atoms. The van der Waals surface area contributed by atoms with E-state index >= 15 is 0 Å². The Labute approximate surface area is 157 Å². The van der Waals surface area contributed by atoms with E-state index in [-0.39, 0.29) is 23.5 Å². The van der Waals surface area contributed by atoms with Crippen LogP contribution in [0.15, 0.2) is 22.5 Å². The van der Waals surface area contributed by atoms with Gasteiger partial charge in [0.15, 0.2) is 4.34 Å². The Balaban J connectivity index is 1.84. The van der Waals surface area contributed by atoms with Gasteiger partial charge in [0.25, 0.3) is 0 Å². The van der Waals surface area contributed by atoms with Gasteiger partial charge in [-0.15, -0.1) is 10.2 Å². The highest BCUT2D eigenvalue weighted by Crippen LogP contribution is 2.27. The molecule has 0 radical (unpaired) electrons. The number of hydrogen-bond acceptors (Lipinski definition) is 6. The molecule has 24 heavy (non-hydrogen) atoms. The van der Waals surface area contributed by atoms with Gasteiger partial charge in [-0.3, -0.25) is 9.59 Å². The van der Waals surface area contributed by atoms with Gasteiger partial charge in [0.2, 0.25) is 16.9 Å². The molecule has 0 saturated heterocycles. The molecule has 6 nitrogen and oxygen atoms in total. The van der Waals surface area contributed by atoms with Gasteiger partial charge in [0.1, 0.15) is 0 Å². The SMILES string of the molecule is CC(C)C(=O)Nc1nnc(SCC(=O)Nc2ccc(Cl)c(Cl)c2)s1. The predicted molar refractivity (Wildman–Crippen MR) is 99.2 cm³/mol. The number of thioether (sulfide) groups is 1. The molecule has 2 N–H and O–H groups in total. The minimum Gasteiger partial charge on any atom is -0.325 e. The Kier molecular flexibility index (Phi) is 6.85. The van der Waals surface area contributed by atoms with Gasteiger partial charge < -0.3 is 10.6 Å². The minimum absolute atomic E-state index is 0.125. The summed E-state index contributed by atoms with van der Waals surface area (Å²) in [5, 5.41) is 14.4. The molecule has 0 atom stereocenters. The van der Waals surface area contributed by atoms with Gasteiger partial charge >= 0.3 is 0 Å². The molecule has 2 amide bonds. The van der Waals surface area contributed by atoms with Gasteiger partial charge in [0.05, 0.1) is 15.8 Å². The molecule has 10 heteroatoms. The van der Waals surface area contributed by atoms with Crippen LogP contribution < -0.4 is 10.6 Å². The molecule has 0 saturated carbocycles. The maximum absolute atomic E-state index is 11.9. The number of benzene rings is 1. The molecule has 0 aliphatic rings. The summed E-state index contributed by atoms with van der Waals surface area (Å²) in [6.45, 7) is 3.58. The topological polar surface area (TPSA) is 84.0 Å². The van der Waals surface area contributed by atoms with E-state index in [2.05, 4.69) is 20.8 Å². The molecule has 1 aromatic heterocycles. The lowest BCUT2D eigenvalue weighted by atomic mass is 10.2. The molecule has 1 heterocycles. The predicted octanol–water partition coefficient (Wildman–Crippen LogP) is 4.17. The first kappa shape index (κ1) is 19.0. The van der Waals surface area contributed by atoms with Crippen LogP contribution in [-0.4, -0.2) is 27.8 Å². The van der Waals surface area contributed by atoms with Crippen molar-refractivity contribution in [2.45, 2.75) is 18.2 Å². The number of carbonyl (C=O) groups excluding carboxylic acids is 2. The van der Waals surface area contributed by atoms with E-state index in [0.717, 1.165) is 0 Å². The first-order chi connectivity index (χ1) is 11.3. The third-order valence-electron chi connectivity index (χ3n) is 2.69. The van der Waals surface area contributed by atoms with Gasteiger partial charge in [-0.25, -0.2) is 0 Å². The van der Waals surface area contributed by atoms with Crippen molar-refractivity contribution >= 4 is 68.9 Å². The molecule has 2 aromatic rings. The van der Waals surface area contributed by atoms with Crippen molar-refractivity contribution in [3.63, 3.8) is 0 Å². The van der Waals surface area contributed by atoms with E-state index < -0.39 is 0 Å². The van der Waals surface area contributed by atoms with Crippen LogP contribution in [0.1, 0.15) is 13.8 Å². The van der Waals surface area contributed by atoms with Crippen molar-refractivity contribution in [2.24, 2.45) is 5.92 Å². The maximum Gasteiger partial charge on any atom is 0.234 e. The summed E-state index contributed by atoms with van der Waals surface area (Å²) in [5.41, 5.74) is 0.567. The second-order valence-electron chi connectivity index (χ2n) is 4.98. The summed E-state index contributed by atoms with van der Waals surface area (Å²) in [6, 6.07) is 4.86. The first-order valence-electron chi connectivity index (χ1n) is 6.87. The summed E-state index contributed by atoms with van der Waals surface area (Å²) < 4.78 is 0.596. The second kappa shape index (κ2) is 8.66. The van der Waals surface area contributed by atoms with E-state index in [9.17, 15) is 9.59 Å². The largest absolute Gasteiger partial charge is 0.325 e. The lowest BCUT2D eigenvalue weighted by molar-refractivity contribution is -0.119. The van der Waals surface area contributed by atoms with Crippen LogP contribution in [0.3, 0.4) is 0 Å². The molecular weight excluding hydrogens is 391 g/mol. The van der Waals surface area contributed by atoms with E-state index in [1.807, 2.05) is 0 Å². The zero-order valence-corrected chi connectivity index (χ0v) is 15.9. The molecule has 2 rings (SSSR count). The van der Waals surface area contributed by atoms with Crippen LogP contribution in [-0.2, 0) is 9.59 Å². The van der Waals surface area contributed by atoms with Gasteiger partial charge in [-0.05, 0) is 18.2 Å². The van der Waals surface area contributed by atoms with Crippen LogP contribution in [0.2, 0.25) is 10.0 Å². The Morgan fingerprint density at radius 3 is 2.62 bits per heavy atom. The van der Waals surface area contributed by atoms with Crippen LogP contribution >= 0.6 is 46.3 Å². The third-order valence-corrected chi connectivity index (χ3v) is 5.40. The number of rotatable bonds is 6. The summed E-state index contributed by atoms with van der Waals surface area (Å²) in [4.78, 5) is 23.5. The zero-order chi connectivity index (χ0) is 17.7. The lowest BCUT2D eigenvalue weighted by Crippen LogP contribution is -2.17. The van der Waals surface area contributed by atoms with Crippen molar-refractivity contribution < 1.29 is 9.59 Å². The molecule has 0 bridgehead atoms. The van der Waals surface area contributed by atoms with Crippen LogP contribution in [0.4, 0.5) is 10.8 Å².